The first-order chi connectivity index (χ1) is 9.40. The van der Waals surface area contributed by atoms with E-state index in [-0.39, 0.29) is 10.1 Å². The number of nitrogens with zero attached hydrogens (tertiary/aromatic N) is 1. The van der Waals surface area contributed by atoms with Gasteiger partial charge in [0.25, 0.3) is 5.91 Å². The molecule has 2 rings (SSSR count). The monoisotopic (exact) mass is 308 g/mol. The summed E-state index contributed by atoms with van der Waals surface area (Å²) in [6.07, 6.45) is 1.56. The molecule has 1 atom stereocenters. The van der Waals surface area contributed by atoms with Crippen LogP contribution in [0.3, 0.4) is 0 Å². The molecule has 1 saturated heterocycles. The van der Waals surface area contributed by atoms with Crippen molar-refractivity contribution in [3.8, 4) is 5.75 Å². The highest BCUT2D eigenvalue weighted by Crippen LogP contribution is 2.34. The third kappa shape index (κ3) is 2.83. The van der Waals surface area contributed by atoms with Crippen molar-refractivity contribution in [3.63, 3.8) is 0 Å². The average Bonchev–Trinajstić information content (AvgIpc) is 2.63. The highest BCUT2D eigenvalue weighted by molar-refractivity contribution is 8.26. The van der Waals surface area contributed by atoms with Gasteiger partial charge in [0, 0.05) is 0 Å². The van der Waals surface area contributed by atoms with Crippen LogP contribution in [0, 0.1) is 0 Å². The van der Waals surface area contributed by atoms with Gasteiger partial charge in [-0.25, -0.2) is 0 Å². The predicted molar refractivity (Wildman–Crippen MR) is 77.6 cm³/mol. The number of carbonyl (C=O) groups excluding carboxylic acids is 2. The molecule has 0 unspecified atom stereocenters. The number of hydrogen-bond donors (Lipinski definition) is 1. The van der Waals surface area contributed by atoms with E-state index in [1.165, 1.54) is 19.1 Å². The standard InChI is InChI=1S/C13H11NO4S2/c1-7(12(17)18)14-11(16)10(20-13(14)19)6-8-3-2-4-9(15)5-8/h2-7,15H,1H3,(H,17,18)/p-1/b10-6-/t7-/m1/s1. The zero-order valence-electron chi connectivity index (χ0n) is 10.4. The molecule has 1 N–H and O–H groups in total. The summed E-state index contributed by atoms with van der Waals surface area (Å²) >= 11 is 6.04. The number of amides is 1. The average molecular weight is 308 g/mol. The third-order valence-corrected chi connectivity index (χ3v) is 4.05. The van der Waals surface area contributed by atoms with Crippen molar-refractivity contribution >= 4 is 46.3 Å². The highest BCUT2D eigenvalue weighted by Gasteiger charge is 2.35. The molecular formula is C13H10NO4S2-. The third-order valence-electron chi connectivity index (χ3n) is 2.72. The lowest BCUT2D eigenvalue weighted by Crippen LogP contribution is -2.48. The van der Waals surface area contributed by atoms with Crippen molar-refractivity contribution < 1.29 is 19.8 Å². The maximum atomic E-state index is 12.1. The van der Waals surface area contributed by atoms with Crippen molar-refractivity contribution in [2.24, 2.45) is 0 Å². The number of hydrogen-bond acceptors (Lipinski definition) is 6. The molecule has 0 aromatic heterocycles. The first-order valence-corrected chi connectivity index (χ1v) is 6.89. The van der Waals surface area contributed by atoms with Crippen LogP contribution >= 0.6 is 24.0 Å². The van der Waals surface area contributed by atoms with E-state index in [9.17, 15) is 19.8 Å². The van der Waals surface area contributed by atoms with Crippen LogP contribution in [-0.4, -0.2) is 32.2 Å². The van der Waals surface area contributed by atoms with E-state index in [0.29, 0.717) is 10.5 Å². The molecule has 0 radical (unpaired) electrons. The van der Waals surface area contributed by atoms with Crippen LogP contribution < -0.4 is 5.11 Å². The van der Waals surface area contributed by atoms with Crippen LogP contribution in [-0.2, 0) is 9.59 Å². The quantitative estimate of drug-likeness (QED) is 0.655. The van der Waals surface area contributed by atoms with Gasteiger partial charge < -0.3 is 15.0 Å². The number of carbonyl (C=O) groups is 2. The van der Waals surface area contributed by atoms with Crippen LogP contribution in [0.15, 0.2) is 29.2 Å². The molecule has 0 bridgehead atoms. The summed E-state index contributed by atoms with van der Waals surface area (Å²) in [6.45, 7) is 1.34. The fourth-order valence-corrected chi connectivity index (χ4v) is 3.10. The van der Waals surface area contributed by atoms with Crippen LogP contribution in [0.4, 0.5) is 0 Å². The number of aliphatic carboxylic acids is 1. The zero-order valence-corrected chi connectivity index (χ0v) is 12.0. The first kappa shape index (κ1) is 14.5. The fraction of sp³-hybridized carbons (Fsp3) is 0.154. The topological polar surface area (TPSA) is 80.7 Å². The summed E-state index contributed by atoms with van der Waals surface area (Å²) in [7, 11) is 0. The number of carboxylic acids is 1. The molecule has 1 aliphatic heterocycles. The molecule has 1 aromatic rings. The Morgan fingerprint density at radius 3 is 2.85 bits per heavy atom. The Bertz CT molecular complexity index is 627. The molecule has 0 spiro atoms. The Morgan fingerprint density at radius 2 is 2.25 bits per heavy atom. The van der Waals surface area contributed by atoms with E-state index in [1.54, 1.807) is 18.2 Å². The minimum atomic E-state index is -1.36. The first-order valence-electron chi connectivity index (χ1n) is 5.67. The van der Waals surface area contributed by atoms with Crippen molar-refractivity contribution in [3.05, 3.63) is 34.7 Å². The van der Waals surface area contributed by atoms with E-state index in [1.807, 2.05) is 0 Å². The van der Waals surface area contributed by atoms with E-state index < -0.39 is 17.9 Å². The van der Waals surface area contributed by atoms with Gasteiger partial charge in [0.2, 0.25) is 0 Å². The molecule has 1 fully saturated rings. The Labute approximate surface area is 124 Å². The Morgan fingerprint density at radius 1 is 1.55 bits per heavy atom. The second kappa shape index (κ2) is 5.64. The summed E-state index contributed by atoms with van der Waals surface area (Å²) in [4.78, 5) is 24.3. The molecule has 0 aliphatic carbocycles. The molecule has 104 valence electrons. The number of phenolic OH excluding ortho intramolecular Hbond substituents is 1. The zero-order chi connectivity index (χ0) is 14.9. The highest BCUT2D eigenvalue weighted by atomic mass is 32.2. The number of phenols is 1. The molecule has 7 heteroatoms. The minimum Gasteiger partial charge on any atom is -0.548 e. The van der Waals surface area contributed by atoms with Crippen molar-refractivity contribution in [1.82, 2.24) is 4.90 Å². The Kier molecular flexibility index (Phi) is 4.10. The molecule has 1 aliphatic rings. The number of rotatable bonds is 3. The van der Waals surface area contributed by atoms with Crippen LogP contribution in [0.1, 0.15) is 12.5 Å². The molecule has 1 aromatic carbocycles. The molecule has 20 heavy (non-hydrogen) atoms. The molecule has 0 saturated carbocycles. The predicted octanol–water partition coefficient (Wildman–Crippen LogP) is 0.732. The SMILES string of the molecule is C[C@H](C(=O)[O-])N1C(=O)/C(=C/c2cccc(O)c2)SC1=S. The van der Waals surface area contributed by atoms with Crippen LogP contribution in [0.5, 0.6) is 5.75 Å². The lowest BCUT2D eigenvalue weighted by atomic mass is 10.2. The summed E-state index contributed by atoms with van der Waals surface area (Å²) in [5.41, 5.74) is 0.631. The van der Waals surface area contributed by atoms with Gasteiger partial charge in [0.15, 0.2) is 0 Å². The van der Waals surface area contributed by atoms with E-state index in [0.717, 1.165) is 16.7 Å². The minimum absolute atomic E-state index is 0.0809. The van der Waals surface area contributed by atoms with E-state index >= 15 is 0 Å². The van der Waals surface area contributed by atoms with Crippen molar-refractivity contribution in [2.45, 2.75) is 13.0 Å². The van der Waals surface area contributed by atoms with Gasteiger partial charge in [-0.3, -0.25) is 9.69 Å². The van der Waals surface area contributed by atoms with Crippen LogP contribution in [0.25, 0.3) is 6.08 Å². The van der Waals surface area contributed by atoms with E-state index in [2.05, 4.69) is 0 Å². The molecule has 1 amide bonds. The second-order valence-electron chi connectivity index (χ2n) is 4.14. The molecule has 1 heterocycles. The largest absolute Gasteiger partial charge is 0.548 e. The lowest BCUT2D eigenvalue weighted by Gasteiger charge is -2.23. The number of thioether (sulfide) groups is 1. The van der Waals surface area contributed by atoms with Gasteiger partial charge in [0.05, 0.1) is 16.9 Å². The van der Waals surface area contributed by atoms with Gasteiger partial charge in [-0.2, -0.15) is 0 Å². The van der Waals surface area contributed by atoms with Crippen molar-refractivity contribution in [2.75, 3.05) is 0 Å². The summed E-state index contributed by atoms with van der Waals surface area (Å²) in [5, 5.41) is 20.2. The van der Waals surface area contributed by atoms with Gasteiger partial charge in [-0.1, -0.05) is 36.1 Å². The smallest absolute Gasteiger partial charge is 0.266 e. The second-order valence-corrected chi connectivity index (χ2v) is 5.82. The Balaban J connectivity index is 2.30. The van der Waals surface area contributed by atoms with Crippen LogP contribution in [0.2, 0.25) is 0 Å². The fourth-order valence-electron chi connectivity index (χ4n) is 1.69. The van der Waals surface area contributed by atoms with Gasteiger partial charge in [-0.15, -0.1) is 0 Å². The van der Waals surface area contributed by atoms with E-state index in [4.69, 9.17) is 12.2 Å². The van der Waals surface area contributed by atoms with Gasteiger partial charge in [-0.05, 0) is 30.7 Å². The van der Waals surface area contributed by atoms with Gasteiger partial charge in [0.1, 0.15) is 10.1 Å². The number of aromatic hydroxyl groups is 1. The number of carboxylic acid groups (broad SMARTS) is 1. The summed E-state index contributed by atoms with van der Waals surface area (Å²) in [6, 6.07) is 5.26. The van der Waals surface area contributed by atoms with Gasteiger partial charge >= 0.3 is 0 Å². The normalized spacial score (nSPS) is 18.6. The number of benzene rings is 1. The summed E-state index contributed by atoms with van der Waals surface area (Å²) in [5.74, 6) is -1.75. The Hall–Kier alpha value is -1.86. The maximum absolute atomic E-state index is 12.1. The molecular weight excluding hydrogens is 298 g/mol. The maximum Gasteiger partial charge on any atom is 0.266 e. The number of thiocarbonyl (C=S) groups is 1. The van der Waals surface area contributed by atoms with Crippen molar-refractivity contribution in [1.29, 1.82) is 0 Å². The summed E-state index contributed by atoms with van der Waals surface area (Å²) < 4.78 is 0.179. The lowest BCUT2D eigenvalue weighted by molar-refractivity contribution is -0.309. The molecule has 5 nitrogen and oxygen atoms in total.